The third-order valence-corrected chi connectivity index (χ3v) is 3.87. The van der Waals surface area contributed by atoms with Crippen LogP contribution in [0.15, 0.2) is 24.3 Å². The van der Waals surface area contributed by atoms with Crippen LogP contribution in [0.25, 0.3) is 0 Å². The maximum absolute atomic E-state index is 11.7. The molecule has 22 heavy (non-hydrogen) atoms. The SMILES string of the molecule is CC1OCCC1(O)CNC(=O)NCc1ccc(C(=O)O)cc1. The number of nitrogens with one attached hydrogen (secondary N) is 2. The van der Waals surface area contributed by atoms with Crippen molar-refractivity contribution >= 4 is 12.0 Å². The van der Waals surface area contributed by atoms with Crippen molar-refractivity contribution in [3.63, 3.8) is 0 Å². The zero-order chi connectivity index (χ0) is 16.2. The van der Waals surface area contributed by atoms with Crippen LogP contribution in [0.4, 0.5) is 4.79 Å². The summed E-state index contributed by atoms with van der Waals surface area (Å²) >= 11 is 0. The maximum Gasteiger partial charge on any atom is 0.335 e. The van der Waals surface area contributed by atoms with Gasteiger partial charge >= 0.3 is 12.0 Å². The first-order valence-corrected chi connectivity index (χ1v) is 7.08. The molecule has 0 spiro atoms. The number of hydrogen-bond donors (Lipinski definition) is 4. The second-order valence-electron chi connectivity index (χ2n) is 5.40. The van der Waals surface area contributed by atoms with E-state index in [1.54, 1.807) is 19.1 Å². The van der Waals surface area contributed by atoms with E-state index in [0.717, 1.165) is 5.56 Å². The number of amides is 2. The number of aliphatic hydroxyl groups is 1. The van der Waals surface area contributed by atoms with E-state index in [1.807, 2.05) is 0 Å². The Kier molecular flexibility index (Phi) is 4.99. The first-order valence-electron chi connectivity index (χ1n) is 7.08. The second-order valence-corrected chi connectivity index (χ2v) is 5.40. The summed E-state index contributed by atoms with van der Waals surface area (Å²) in [6.07, 6.45) is 0.182. The van der Waals surface area contributed by atoms with Crippen molar-refractivity contribution in [1.29, 1.82) is 0 Å². The van der Waals surface area contributed by atoms with Crippen molar-refractivity contribution in [2.45, 2.75) is 31.6 Å². The Labute approximate surface area is 128 Å². The van der Waals surface area contributed by atoms with Gasteiger partial charge in [0, 0.05) is 19.6 Å². The van der Waals surface area contributed by atoms with Crippen molar-refractivity contribution in [1.82, 2.24) is 10.6 Å². The van der Waals surface area contributed by atoms with E-state index in [1.165, 1.54) is 12.1 Å². The molecule has 1 heterocycles. The number of carbonyl (C=O) groups is 2. The lowest BCUT2D eigenvalue weighted by Gasteiger charge is -2.26. The van der Waals surface area contributed by atoms with Gasteiger partial charge in [-0.15, -0.1) is 0 Å². The molecule has 7 nitrogen and oxygen atoms in total. The van der Waals surface area contributed by atoms with E-state index in [-0.39, 0.29) is 24.8 Å². The van der Waals surface area contributed by atoms with Crippen LogP contribution in [-0.4, -0.2) is 47.1 Å². The monoisotopic (exact) mass is 308 g/mol. The maximum atomic E-state index is 11.7. The van der Waals surface area contributed by atoms with E-state index in [0.29, 0.717) is 13.0 Å². The molecule has 2 atom stereocenters. The second kappa shape index (κ2) is 6.76. The van der Waals surface area contributed by atoms with Gasteiger partial charge in [-0.3, -0.25) is 0 Å². The number of rotatable bonds is 5. The Hall–Kier alpha value is -2.12. The highest BCUT2D eigenvalue weighted by atomic mass is 16.5. The van der Waals surface area contributed by atoms with Gasteiger partial charge < -0.3 is 25.6 Å². The number of hydrogen-bond acceptors (Lipinski definition) is 4. The van der Waals surface area contributed by atoms with Gasteiger partial charge in [-0.1, -0.05) is 12.1 Å². The molecule has 0 aliphatic carbocycles. The fourth-order valence-corrected chi connectivity index (χ4v) is 2.25. The molecule has 1 aromatic rings. The first-order chi connectivity index (χ1) is 10.4. The Morgan fingerprint density at radius 3 is 2.55 bits per heavy atom. The van der Waals surface area contributed by atoms with Crippen molar-refractivity contribution in [3.8, 4) is 0 Å². The zero-order valence-electron chi connectivity index (χ0n) is 12.3. The molecular formula is C15H20N2O5. The summed E-state index contributed by atoms with van der Waals surface area (Å²) in [4.78, 5) is 22.5. The Morgan fingerprint density at radius 1 is 1.32 bits per heavy atom. The summed E-state index contributed by atoms with van der Waals surface area (Å²) in [5.74, 6) is -0.988. The van der Waals surface area contributed by atoms with Gasteiger partial charge in [-0.2, -0.15) is 0 Å². The smallest absolute Gasteiger partial charge is 0.335 e. The predicted molar refractivity (Wildman–Crippen MR) is 78.6 cm³/mol. The molecule has 4 N–H and O–H groups in total. The summed E-state index contributed by atoms with van der Waals surface area (Å²) < 4.78 is 5.29. The molecule has 1 saturated heterocycles. The van der Waals surface area contributed by atoms with Gasteiger partial charge in [-0.25, -0.2) is 9.59 Å². The van der Waals surface area contributed by atoms with Crippen molar-refractivity contribution in [2.24, 2.45) is 0 Å². The van der Waals surface area contributed by atoms with Crippen LogP contribution in [0.1, 0.15) is 29.3 Å². The van der Waals surface area contributed by atoms with E-state index in [2.05, 4.69) is 10.6 Å². The first kappa shape index (κ1) is 16.3. The molecule has 0 bridgehead atoms. The summed E-state index contributed by atoms with van der Waals surface area (Å²) in [5, 5.41) is 24.3. The number of carboxylic acid groups (broad SMARTS) is 1. The minimum Gasteiger partial charge on any atom is -0.478 e. The van der Waals surface area contributed by atoms with Crippen molar-refractivity contribution < 1.29 is 24.5 Å². The van der Waals surface area contributed by atoms with Gasteiger partial charge in [0.15, 0.2) is 0 Å². The van der Waals surface area contributed by atoms with Crippen LogP contribution >= 0.6 is 0 Å². The van der Waals surface area contributed by atoms with Gasteiger partial charge in [0.05, 0.1) is 18.2 Å². The van der Waals surface area contributed by atoms with Crippen molar-refractivity contribution in [3.05, 3.63) is 35.4 Å². The zero-order valence-corrected chi connectivity index (χ0v) is 12.3. The predicted octanol–water partition coefficient (Wildman–Crippen LogP) is 0.724. The molecule has 1 aromatic carbocycles. The normalized spacial score (nSPS) is 24.0. The standard InChI is InChI=1S/C15H20N2O5/c1-10-15(21,6-7-22-10)9-17-14(20)16-8-11-2-4-12(5-3-11)13(18)19/h2-5,10,21H,6-9H2,1H3,(H,18,19)(H2,16,17,20). The molecule has 0 aromatic heterocycles. The van der Waals surface area contributed by atoms with E-state index >= 15 is 0 Å². The number of urea groups is 1. The van der Waals surface area contributed by atoms with Gasteiger partial charge in [-0.05, 0) is 24.6 Å². The number of ether oxygens (including phenoxy) is 1. The van der Waals surface area contributed by atoms with E-state index in [9.17, 15) is 14.7 Å². The summed E-state index contributed by atoms with van der Waals surface area (Å²) in [6.45, 7) is 2.65. The highest BCUT2D eigenvalue weighted by molar-refractivity contribution is 5.87. The Bertz CT molecular complexity index is 545. The Balaban J connectivity index is 1.77. The highest BCUT2D eigenvalue weighted by Gasteiger charge is 2.39. The third-order valence-electron chi connectivity index (χ3n) is 3.87. The number of carboxylic acids is 1. The van der Waals surface area contributed by atoms with Crippen LogP contribution in [0.5, 0.6) is 0 Å². The Morgan fingerprint density at radius 2 is 2.00 bits per heavy atom. The minimum atomic E-state index is -1.03. The van der Waals surface area contributed by atoms with E-state index < -0.39 is 17.6 Å². The highest BCUT2D eigenvalue weighted by Crippen LogP contribution is 2.24. The lowest BCUT2D eigenvalue weighted by Crippen LogP contribution is -2.49. The van der Waals surface area contributed by atoms with E-state index in [4.69, 9.17) is 9.84 Å². The topological polar surface area (TPSA) is 108 Å². The average Bonchev–Trinajstić information content (AvgIpc) is 2.83. The summed E-state index contributed by atoms with van der Waals surface area (Å²) in [5.41, 5.74) is -0.0393. The van der Waals surface area contributed by atoms with Gasteiger partial charge in [0.25, 0.3) is 0 Å². The van der Waals surface area contributed by atoms with Crippen LogP contribution in [0, 0.1) is 0 Å². The molecule has 2 amide bonds. The lowest BCUT2D eigenvalue weighted by atomic mass is 9.97. The molecule has 7 heteroatoms. The summed E-state index contributed by atoms with van der Waals surface area (Å²) in [7, 11) is 0. The molecular weight excluding hydrogens is 288 g/mol. The summed E-state index contributed by atoms with van der Waals surface area (Å²) in [6, 6.07) is 5.86. The minimum absolute atomic E-state index is 0.123. The number of aromatic carboxylic acids is 1. The van der Waals surface area contributed by atoms with Crippen LogP contribution < -0.4 is 10.6 Å². The van der Waals surface area contributed by atoms with Gasteiger partial charge in [0.1, 0.15) is 5.60 Å². The fraction of sp³-hybridized carbons (Fsp3) is 0.467. The van der Waals surface area contributed by atoms with Gasteiger partial charge in [0.2, 0.25) is 0 Å². The van der Waals surface area contributed by atoms with Crippen LogP contribution in [0.3, 0.4) is 0 Å². The lowest BCUT2D eigenvalue weighted by molar-refractivity contribution is -0.0243. The molecule has 2 rings (SSSR count). The molecule has 120 valence electrons. The fourth-order valence-electron chi connectivity index (χ4n) is 2.25. The third kappa shape index (κ3) is 3.96. The molecule has 1 aliphatic rings. The molecule has 2 unspecified atom stereocenters. The number of benzene rings is 1. The van der Waals surface area contributed by atoms with Crippen molar-refractivity contribution in [2.75, 3.05) is 13.2 Å². The van der Waals surface area contributed by atoms with Crippen LogP contribution in [0.2, 0.25) is 0 Å². The molecule has 1 fully saturated rings. The molecule has 0 saturated carbocycles. The average molecular weight is 308 g/mol. The quantitative estimate of drug-likeness (QED) is 0.641. The molecule has 1 aliphatic heterocycles. The molecule has 0 radical (unpaired) electrons. The number of carbonyl (C=O) groups excluding carboxylic acids is 1. The van der Waals surface area contributed by atoms with Crippen LogP contribution in [-0.2, 0) is 11.3 Å². The largest absolute Gasteiger partial charge is 0.478 e.